The minimum absolute atomic E-state index is 0.00747. The molecule has 2 aromatic rings. The fraction of sp³-hybridized carbons (Fsp3) is 0.125. The quantitative estimate of drug-likeness (QED) is 0.658. The molecule has 2 aromatic carbocycles. The average Bonchev–Trinajstić information content (AvgIpc) is 2.37. The molecule has 3 heteroatoms. The smallest absolute Gasteiger partial charge is 0.159 e. The van der Waals surface area contributed by atoms with Crippen LogP contribution in [-0.2, 0) is 0 Å². The third kappa shape index (κ3) is 2.76. The number of ketones is 1. The Labute approximate surface area is 111 Å². The second-order valence-electron chi connectivity index (χ2n) is 4.47. The van der Waals surface area contributed by atoms with Crippen LogP contribution in [0.5, 0.6) is 0 Å². The zero-order valence-electron chi connectivity index (χ0n) is 10.8. The van der Waals surface area contributed by atoms with E-state index in [1.165, 1.54) is 19.1 Å². The summed E-state index contributed by atoms with van der Waals surface area (Å²) in [6, 6.07) is 11.1. The highest BCUT2D eigenvalue weighted by Crippen LogP contribution is 2.17. The molecule has 0 atom stereocenters. The Morgan fingerprint density at radius 1 is 1.11 bits per heavy atom. The van der Waals surface area contributed by atoms with E-state index in [0.717, 1.165) is 5.56 Å². The van der Waals surface area contributed by atoms with Crippen LogP contribution >= 0.6 is 0 Å². The summed E-state index contributed by atoms with van der Waals surface area (Å²) in [6.07, 6.45) is 0. The number of carbonyl (C=O) groups is 1. The van der Waals surface area contributed by atoms with Gasteiger partial charge in [0.25, 0.3) is 0 Å². The van der Waals surface area contributed by atoms with E-state index >= 15 is 0 Å². The van der Waals surface area contributed by atoms with Crippen molar-refractivity contribution in [1.82, 2.24) is 0 Å². The van der Waals surface area contributed by atoms with Crippen LogP contribution in [0.1, 0.15) is 34.0 Å². The summed E-state index contributed by atoms with van der Waals surface area (Å²) < 4.78 is 13.2. The van der Waals surface area contributed by atoms with Gasteiger partial charge in [0.15, 0.2) is 5.78 Å². The highest BCUT2D eigenvalue weighted by atomic mass is 19.1. The van der Waals surface area contributed by atoms with Gasteiger partial charge in [0.1, 0.15) is 5.82 Å². The number of nitrogens with one attached hydrogen (secondary N) is 1. The molecule has 0 bridgehead atoms. The molecule has 1 N–H and O–H groups in total. The first-order valence-corrected chi connectivity index (χ1v) is 5.95. The van der Waals surface area contributed by atoms with Gasteiger partial charge in [0.2, 0.25) is 0 Å². The Bertz CT molecular complexity index is 662. The summed E-state index contributed by atoms with van der Waals surface area (Å²) in [4.78, 5) is 11.3. The molecule has 19 heavy (non-hydrogen) atoms. The van der Waals surface area contributed by atoms with E-state index in [-0.39, 0.29) is 17.3 Å². The molecule has 0 aliphatic carbocycles. The fourth-order valence-corrected chi connectivity index (χ4v) is 1.96. The normalized spacial score (nSPS) is 10.3. The standard InChI is InChI=1S/C16H14FNO/c1-10-8-12(11(2)19)6-7-15(10)16(18)13-4-3-5-14(17)9-13/h3-9,18H,1-2H3. The lowest BCUT2D eigenvalue weighted by Crippen LogP contribution is -2.05. The molecule has 2 rings (SSSR count). The number of rotatable bonds is 3. The van der Waals surface area contributed by atoms with Gasteiger partial charge in [-0.15, -0.1) is 0 Å². The predicted octanol–water partition coefficient (Wildman–Crippen LogP) is 3.75. The van der Waals surface area contributed by atoms with Crippen LogP contribution < -0.4 is 0 Å². The molecule has 0 heterocycles. The Morgan fingerprint density at radius 3 is 2.42 bits per heavy atom. The first kappa shape index (κ1) is 13.1. The van der Waals surface area contributed by atoms with Crippen LogP contribution in [0, 0.1) is 18.2 Å². The van der Waals surface area contributed by atoms with Crippen molar-refractivity contribution >= 4 is 11.5 Å². The van der Waals surface area contributed by atoms with E-state index in [1.807, 2.05) is 6.92 Å². The molecule has 0 aliphatic rings. The van der Waals surface area contributed by atoms with Crippen LogP contribution in [0.3, 0.4) is 0 Å². The molecular formula is C16H14FNO. The lowest BCUT2D eigenvalue weighted by Gasteiger charge is -2.09. The van der Waals surface area contributed by atoms with Crippen LogP contribution in [0.4, 0.5) is 4.39 Å². The zero-order chi connectivity index (χ0) is 14.0. The van der Waals surface area contributed by atoms with Gasteiger partial charge in [-0.25, -0.2) is 4.39 Å². The van der Waals surface area contributed by atoms with Crippen LogP contribution in [0.2, 0.25) is 0 Å². The number of carbonyl (C=O) groups excluding carboxylic acids is 1. The van der Waals surface area contributed by atoms with Crippen LogP contribution in [0.25, 0.3) is 0 Å². The molecule has 0 fully saturated rings. The van der Waals surface area contributed by atoms with Crippen molar-refractivity contribution in [1.29, 1.82) is 5.41 Å². The third-order valence-corrected chi connectivity index (χ3v) is 3.02. The molecule has 0 saturated carbocycles. The number of aryl methyl sites for hydroxylation is 1. The van der Waals surface area contributed by atoms with Gasteiger partial charge in [0, 0.05) is 16.7 Å². The molecule has 0 amide bonds. The lowest BCUT2D eigenvalue weighted by atomic mass is 9.96. The van der Waals surface area contributed by atoms with Crippen molar-refractivity contribution in [3.05, 3.63) is 70.5 Å². The van der Waals surface area contributed by atoms with Crippen molar-refractivity contribution in [3.8, 4) is 0 Å². The van der Waals surface area contributed by atoms with E-state index in [1.54, 1.807) is 30.3 Å². The van der Waals surface area contributed by atoms with E-state index in [4.69, 9.17) is 5.41 Å². The van der Waals surface area contributed by atoms with Gasteiger partial charge in [0.05, 0.1) is 5.71 Å². The Kier molecular flexibility index (Phi) is 3.56. The monoisotopic (exact) mass is 255 g/mol. The summed E-state index contributed by atoms with van der Waals surface area (Å²) in [5.74, 6) is -0.368. The average molecular weight is 255 g/mol. The maximum atomic E-state index is 13.2. The first-order valence-electron chi connectivity index (χ1n) is 5.95. The minimum Gasteiger partial charge on any atom is -0.300 e. The Hall–Kier alpha value is -2.29. The third-order valence-electron chi connectivity index (χ3n) is 3.02. The van der Waals surface area contributed by atoms with Crippen LogP contribution in [-0.4, -0.2) is 11.5 Å². The summed E-state index contributed by atoms with van der Waals surface area (Å²) in [5, 5.41) is 8.13. The van der Waals surface area contributed by atoms with Crippen molar-refractivity contribution in [3.63, 3.8) is 0 Å². The summed E-state index contributed by atoms with van der Waals surface area (Å²) in [7, 11) is 0. The predicted molar refractivity (Wildman–Crippen MR) is 73.5 cm³/mol. The molecule has 0 aliphatic heterocycles. The number of halogens is 1. The highest BCUT2D eigenvalue weighted by Gasteiger charge is 2.10. The number of Topliss-reactive ketones (excluding diaryl/α,β-unsaturated/α-hetero) is 1. The van der Waals surface area contributed by atoms with E-state index in [9.17, 15) is 9.18 Å². The van der Waals surface area contributed by atoms with Gasteiger partial charge in [-0.05, 0) is 37.6 Å². The summed E-state index contributed by atoms with van der Waals surface area (Å²) >= 11 is 0. The first-order chi connectivity index (χ1) is 8.99. The Morgan fingerprint density at radius 2 is 1.84 bits per heavy atom. The van der Waals surface area contributed by atoms with Gasteiger partial charge in [-0.1, -0.05) is 24.3 Å². The van der Waals surface area contributed by atoms with Crippen molar-refractivity contribution in [2.75, 3.05) is 0 Å². The van der Waals surface area contributed by atoms with E-state index in [2.05, 4.69) is 0 Å². The highest BCUT2D eigenvalue weighted by molar-refractivity contribution is 6.12. The molecular weight excluding hydrogens is 241 g/mol. The molecule has 0 saturated heterocycles. The number of benzene rings is 2. The van der Waals surface area contributed by atoms with E-state index in [0.29, 0.717) is 16.7 Å². The summed E-state index contributed by atoms with van der Waals surface area (Å²) in [5.41, 5.74) is 2.94. The molecule has 0 radical (unpaired) electrons. The van der Waals surface area contributed by atoms with Gasteiger partial charge >= 0.3 is 0 Å². The van der Waals surface area contributed by atoms with Gasteiger partial charge < -0.3 is 0 Å². The summed E-state index contributed by atoms with van der Waals surface area (Å²) in [6.45, 7) is 3.35. The van der Waals surface area contributed by atoms with Gasteiger partial charge in [-0.2, -0.15) is 0 Å². The van der Waals surface area contributed by atoms with Crippen LogP contribution in [0.15, 0.2) is 42.5 Å². The zero-order valence-corrected chi connectivity index (χ0v) is 10.8. The topological polar surface area (TPSA) is 40.9 Å². The van der Waals surface area contributed by atoms with Gasteiger partial charge in [-0.3, -0.25) is 10.2 Å². The van der Waals surface area contributed by atoms with Crippen molar-refractivity contribution < 1.29 is 9.18 Å². The number of hydrogen-bond acceptors (Lipinski definition) is 2. The molecule has 96 valence electrons. The molecule has 0 spiro atoms. The van der Waals surface area contributed by atoms with Crippen molar-refractivity contribution in [2.24, 2.45) is 0 Å². The lowest BCUT2D eigenvalue weighted by molar-refractivity contribution is 0.101. The SMILES string of the molecule is CC(=O)c1ccc(C(=N)c2cccc(F)c2)c(C)c1. The second kappa shape index (κ2) is 5.14. The maximum Gasteiger partial charge on any atom is 0.159 e. The molecule has 2 nitrogen and oxygen atoms in total. The molecule has 0 aromatic heterocycles. The van der Waals surface area contributed by atoms with Crippen molar-refractivity contribution in [2.45, 2.75) is 13.8 Å². The van der Waals surface area contributed by atoms with E-state index < -0.39 is 0 Å². The fourth-order valence-electron chi connectivity index (χ4n) is 1.96. The minimum atomic E-state index is -0.361. The second-order valence-corrected chi connectivity index (χ2v) is 4.47. The molecule has 0 unspecified atom stereocenters. The Balaban J connectivity index is 2.42. The number of hydrogen-bond donors (Lipinski definition) is 1. The largest absolute Gasteiger partial charge is 0.300 e. The maximum absolute atomic E-state index is 13.2.